The first-order chi connectivity index (χ1) is 13.6. The highest BCUT2D eigenvalue weighted by atomic mass is 16.6. The van der Waals surface area contributed by atoms with Crippen LogP contribution < -0.4 is 16.0 Å². The van der Waals surface area contributed by atoms with Crippen LogP contribution in [0.1, 0.15) is 12.8 Å². The van der Waals surface area contributed by atoms with Crippen molar-refractivity contribution in [2.45, 2.75) is 43.4 Å². The fraction of sp³-hybridized carbons (Fsp3) is 0.611. The normalized spacial score (nSPS) is 28.6. The molecule has 0 bridgehead atoms. The highest BCUT2D eigenvalue weighted by molar-refractivity contribution is 5.88. The predicted molar refractivity (Wildman–Crippen MR) is 98.7 cm³/mol. The fourth-order valence-electron chi connectivity index (χ4n) is 3.39. The Balaban J connectivity index is 1.38. The van der Waals surface area contributed by atoms with Gasteiger partial charge in [0, 0.05) is 32.8 Å². The molecule has 3 heterocycles. The van der Waals surface area contributed by atoms with Crippen LogP contribution in [-0.2, 0) is 19.0 Å². The molecule has 1 aromatic heterocycles. The molecule has 0 aliphatic carbocycles. The number of nitrogens with zero attached hydrogens (tertiary/aromatic N) is 1. The molecular formula is C18H26N4O6. The van der Waals surface area contributed by atoms with Crippen molar-refractivity contribution in [3.8, 4) is 0 Å². The maximum atomic E-state index is 11.9. The number of methoxy groups -OCH3 is 1. The number of anilines is 1. The first-order valence-electron chi connectivity index (χ1n) is 9.26. The highest BCUT2D eigenvalue weighted by Gasteiger charge is 2.50. The van der Waals surface area contributed by atoms with Crippen LogP contribution in [0.15, 0.2) is 24.5 Å². The number of rotatable bonds is 8. The number of carbonyl (C=O) groups is 2. The molecule has 28 heavy (non-hydrogen) atoms. The van der Waals surface area contributed by atoms with Crippen molar-refractivity contribution in [2.75, 3.05) is 32.1 Å². The number of ether oxygens (including phenoxy) is 3. The number of aliphatic hydroxyl groups excluding tert-OH is 1. The van der Waals surface area contributed by atoms with Crippen LogP contribution in [0.25, 0.3) is 0 Å². The van der Waals surface area contributed by atoms with Crippen LogP contribution in [0.4, 0.5) is 10.5 Å². The summed E-state index contributed by atoms with van der Waals surface area (Å²) in [7, 11) is 1.57. The zero-order chi connectivity index (χ0) is 19.9. The summed E-state index contributed by atoms with van der Waals surface area (Å²) in [6, 6.07) is 3.02. The SMILES string of the molecule is COCCNC(=O)CC1CC2OC(CNC(=O)Nc3cccnc3)C(O)C2O1. The van der Waals surface area contributed by atoms with Crippen molar-refractivity contribution in [2.24, 2.45) is 0 Å². The van der Waals surface area contributed by atoms with Gasteiger partial charge in [-0.05, 0) is 12.1 Å². The van der Waals surface area contributed by atoms with E-state index in [-0.39, 0.29) is 31.1 Å². The maximum absolute atomic E-state index is 11.9. The van der Waals surface area contributed by atoms with Crippen molar-refractivity contribution < 1.29 is 28.9 Å². The minimum atomic E-state index is -0.870. The Labute approximate surface area is 162 Å². The van der Waals surface area contributed by atoms with Crippen LogP contribution in [0, 0.1) is 0 Å². The number of amides is 3. The molecule has 5 unspecified atom stereocenters. The molecule has 10 nitrogen and oxygen atoms in total. The van der Waals surface area contributed by atoms with E-state index in [1.165, 1.54) is 6.20 Å². The zero-order valence-corrected chi connectivity index (χ0v) is 15.7. The Bertz CT molecular complexity index is 661. The van der Waals surface area contributed by atoms with Crippen LogP contribution in [0.5, 0.6) is 0 Å². The molecule has 2 fully saturated rings. The summed E-state index contributed by atoms with van der Waals surface area (Å²) in [5.41, 5.74) is 0.569. The van der Waals surface area contributed by atoms with Gasteiger partial charge >= 0.3 is 6.03 Å². The molecular weight excluding hydrogens is 368 g/mol. The second kappa shape index (κ2) is 9.78. The Hall–Kier alpha value is -2.27. The Morgan fingerprint density at radius 3 is 2.93 bits per heavy atom. The number of aromatic nitrogens is 1. The topological polar surface area (TPSA) is 131 Å². The van der Waals surface area contributed by atoms with Crippen molar-refractivity contribution in [1.29, 1.82) is 0 Å². The van der Waals surface area contributed by atoms with E-state index < -0.39 is 24.3 Å². The van der Waals surface area contributed by atoms with Crippen molar-refractivity contribution in [3.63, 3.8) is 0 Å². The summed E-state index contributed by atoms with van der Waals surface area (Å²) in [5.74, 6) is -0.123. The number of nitrogens with one attached hydrogen (secondary N) is 3. The second-order valence-electron chi connectivity index (χ2n) is 6.79. The van der Waals surface area contributed by atoms with E-state index in [2.05, 4.69) is 20.9 Å². The molecule has 0 aromatic carbocycles. The lowest BCUT2D eigenvalue weighted by Gasteiger charge is -2.20. The second-order valence-corrected chi connectivity index (χ2v) is 6.79. The van der Waals surface area contributed by atoms with Gasteiger partial charge in [0.25, 0.3) is 0 Å². The van der Waals surface area contributed by atoms with Gasteiger partial charge in [0.15, 0.2) is 0 Å². The average Bonchev–Trinajstić information content (AvgIpc) is 3.19. The molecule has 3 amide bonds. The molecule has 2 aliphatic heterocycles. The van der Waals surface area contributed by atoms with E-state index in [1.54, 1.807) is 25.4 Å². The lowest BCUT2D eigenvalue weighted by atomic mass is 10.1. The molecule has 3 rings (SSSR count). The predicted octanol–water partition coefficient (Wildman–Crippen LogP) is -0.358. The average molecular weight is 394 g/mol. The molecule has 0 saturated carbocycles. The minimum Gasteiger partial charge on any atom is -0.388 e. The summed E-state index contributed by atoms with van der Waals surface area (Å²) in [5, 5.41) is 18.5. The summed E-state index contributed by atoms with van der Waals surface area (Å²) < 4.78 is 16.5. The standard InChI is InChI=1S/C18H26N4O6/c1-26-6-5-20-15(23)8-12-7-13-17(27-12)16(24)14(28-13)10-21-18(25)22-11-3-2-4-19-9-11/h2-4,9,12-14,16-17,24H,5-8,10H2,1H3,(H,20,23)(H2,21,22,25). The number of fused-ring (bicyclic) bond motifs is 1. The van der Waals surface area contributed by atoms with Gasteiger partial charge in [0.05, 0.1) is 37.1 Å². The van der Waals surface area contributed by atoms with Gasteiger partial charge in [0.2, 0.25) is 5.91 Å². The van der Waals surface area contributed by atoms with E-state index in [0.29, 0.717) is 25.3 Å². The summed E-state index contributed by atoms with van der Waals surface area (Å²) >= 11 is 0. The van der Waals surface area contributed by atoms with E-state index in [1.807, 2.05) is 0 Å². The van der Waals surface area contributed by atoms with Crippen LogP contribution in [0.2, 0.25) is 0 Å². The van der Waals surface area contributed by atoms with Gasteiger partial charge in [-0.1, -0.05) is 0 Å². The largest absolute Gasteiger partial charge is 0.388 e. The first-order valence-corrected chi connectivity index (χ1v) is 9.26. The number of urea groups is 1. The summed E-state index contributed by atoms with van der Waals surface area (Å²) in [6.45, 7) is 1.04. The molecule has 0 spiro atoms. The Morgan fingerprint density at radius 2 is 2.21 bits per heavy atom. The third-order valence-corrected chi connectivity index (χ3v) is 4.70. The number of hydrogen-bond acceptors (Lipinski definition) is 7. The van der Waals surface area contributed by atoms with Gasteiger partial charge in [0.1, 0.15) is 18.3 Å². The third-order valence-electron chi connectivity index (χ3n) is 4.70. The van der Waals surface area contributed by atoms with Gasteiger partial charge < -0.3 is 35.3 Å². The highest BCUT2D eigenvalue weighted by Crippen LogP contribution is 2.35. The van der Waals surface area contributed by atoms with Crippen molar-refractivity contribution in [1.82, 2.24) is 15.6 Å². The lowest BCUT2D eigenvalue weighted by molar-refractivity contribution is -0.124. The van der Waals surface area contributed by atoms with E-state index in [9.17, 15) is 14.7 Å². The lowest BCUT2D eigenvalue weighted by Crippen LogP contribution is -2.42. The van der Waals surface area contributed by atoms with Crippen molar-refractivity contribution in [3.05, 3.63) is 24.5 Å². The van der Waals surface area contributed by atoms with Gasteiger partial charge in [-0.3, -0.25) is 9.78 Å². The first kappa shape index (κ1) is 20.5. The quantitative estimate of drug-likeness (QED) is 0.443. The summed E-state index contributed by atoms with van der Waals surface area (Å²) in [4.78, 5) is 27.7. The van der Waals surface area contributed by atoms with E-state index >= 15 is 0 Å². The third kappa shape index (κ3) is 5.38. The molecule has 2 aliphatic rings. The molecule has 5 atom stereocenters. The van der Waals surface area contributed by atoms with Gasteiger partial charge in [-0.2, -0.15) is 0 Å². The van der Waals surface area contributed by atoms with Crippen molar-refractivity contribution >= 4 is 17.6 Å². The Kier molecular flexibility index (Phi) is 7.15. The fourth-order valence-corrected chi connectivity index (χ4v) is 3.39. The number of hydrogen-bond donors (Lipinski definition) is 4. The Morgan fingerprint density at radius 1 is 1.36 bits per heavy atom. The molecule has 154 valence electrons. The minimum absolute atomic E-state index is 0.123. The van der Waals surface area contributed by atoms with Gasteiger partial charge in [-0.15, -0.1) is 0 Å². The van der Waals surface area contributed by atoms with Crippen LogP contribution in [0.3, 0.4) is 0 Å². The van der Waals surface area contributed by atoms with E-state index in [4.69, 9.17) is 14.2 Å². The summed E-state index contributed by atoms with van der Waals surface area (Å²) in [6.07, 6.45) is 1.36. The van der Waals surface area contributed by atoms with Crippen LogP contribution >= 0.6 is 0 Å². The van der Waals surface area contributed by atoms with E-state index in [0.717, 1.165) is 0 Å². The van der Waals surface area contributed by atoms with Crippen LogP contribution in [-0.4, -0.2) is 79.4 Å². The molecule has 1 aromatic rings. The molecule has 4 N–H and O–H groups in total. The monoisotopic (exact) mass is 394 g/mol. The number of aliphatic hydroxyl groups is 1. The maximum Gasteiger partial charge on any atom is 0.319 e. The molecule has 2 saturated heterocycles. The number of carbonyl (C=O) groups excluding carboxylic acids is 2. The number of pyridine rings is 1. The molecule has 10 heteroatoms. The smallest absolute Gasteiger partial charge is 0.319 e. The molecule has 0 radical (unpaired) electrons. The van der Waals surface area contributed by atoms with Gasteiger partial charge in [-0.25, -0.2) is 4.79 Å². The zero-order valence-electron chi connectivity index (χ0n) is 15.7.